The fourth-order valence-corrected chi connectivity index (χ4v) is 5.50. The van der Waals surface area contributed by atoms with Crippen LogP contribution in [0.1, 0.15) is 47.6 Å². The molecule has 1 fully saturated rings. The van der Waals surface area contributed by atoms with Crippen molar-refractivity contribution in [2.24, 2.45) is 5.92 Å². The van der Waals surface area contributed by atoms with Gasteiger partial charge in [0.1, 0.15) is 5.76 Å². The summed E-state index contributed by atoms with van der Waals surface area (Å²) in [6.07, 6.45) is 1.90. The molecule has 1 N–H and O–H groups in total. The van der Waals surface area contributed by atoms with Gasteiger partial charge in [-0.1, -0.05) is 31.2 Å². The van der Waals surface area contributed by atoms with Gasteiger partial charge in [-0.05, 0) is 62.1 Å². The van der Waals surface area contributed by atoms with Gasteiger partial charge in [0.2, 0.25) is 10.0 Å². The molecule has 0 bridgehead atoms. The molecule has 4 rings (SSSR count). The van der Waals surface area contributed by atoms with Crippen LogP contribution in [0.25, 0.3) is 11.3 Å². The Hall–Kier alpha value is -3.23. The SMILES string of the molecule is CC(=O)c1ccc(-c2ccc(C(=O)Nc3ccc(S(=O)(=O)N4CCCC(C)C4)cc3)o2)cc1. The van der Waals surface area contributed by atoms with Gasteiger partial charge in [-0.15, -0.1) is 0 Å². The number of nitrogens with one attached hydrogen (secondary N) is 1. The third kappa shape index (κ3) is 5.07. The molecule has 33 heavy (non-hydrogen) atoms. The topological polar surface area (TPSA) is 96.7 Å². The van der Waals surface area contributed by atoms with Gasteiger partial charge in [0.15, 0.2) is 11.5 Å². The molecule has 0 aliphatic carbocycles. The number of carbonyl (C=O) groups excluding carboxylic acids is 2. The van der Waals surface area contributed by atoms with Crippen LogP contribution in [0.3, 0.4) is 0 Å². The molecule has 1 saturated heterocycles. The standard InChI is InChI=1S/C25H26N2O5S/c1-17-4-3-15-27(16-17)33(30,31)22-11-9-21(10-12-22)26-25(29)24-14-13-23(32-24)20-7-5-19(6-8-20)18(2)28/h5-14,17H,3-4,15-16H2,1-2H3,(H,26,29). The number of sulfonamides is 1. The van der Waals surface area contributed by atoms with Crippen molar-refractivity contribution in [3.63, 3.8) is 0 Å². The Morgan fingerprint density at radius 1 is 1.00 bits per heavy atom. The number of hydrogen-bond acceptors (Lipinski definition) is 5. The maximum Gasteiger partial charge on any atom is 0.291 e. The highest BCUT2D eigenvalue weighted by Gasteiger charge is 2.28. The Morgan fingerprint density at radius 2 is 1.70 bits per heavy atom. The van der Waals surface area contributed by atoms with E-state index in [9.17, 15) is 18.0 Å². The molecule has 1 aliphatic heterocycles. The van der Waals surface area contributed by atoms with Crippen molar-refractivity contribution in [2.75, 3.05) is 18.4 Å². The van der Waals surface area contributed by atoms with Crippen molar-refractivity contribution < 1.29 is 22.4 Å². The lowest BCUT2D eigenvalue weighted by atomic mass is 10.0. The average molecular weight is 467 g/mol. The molecule has 2 aromatic carbocycles. The van der Waals surface area contributed by atoms with Crippen molar-refractivity contribution >= 4 is 27.4 Å². The van der Waals surface area contributed by atoms with Crippen LogP contribution in [0.15, 0.2) is 70.0 Å². The second-order valence-electron chi connectivity index (χ2n) is 8.39. The molecule has 0 spiro atoms. The first-order valence-electron chi connectivity index (χ1n) is 10.9. The van der Waals surface area contributed by atoms with E-state index in [1.807, 2.05) is 0 Å². The summed E-state index contributed by atoms with van der Waals surface area (Å²) >= 11 is 0. The van der Waals surface area contributed by atoms with Gasteiger partial charge < -0.3 is 9.73 Å². The fraction of sp³-hybridized carbons (Fsp3) is 0.280. The Morgan fingerprint density at radius 3 is 2.33 bits per heavy atom. The Bertz CT molecular complexity index is 1260. The third-order valence-electron chi connectivity index (χ3n) is 5.78. The number of hydrogen-bond donors (Lipinski definition) is 1. The highest BCUT2D eigenvalue weighted by Crippen LogP contribution is 2.26. The largest absolute Gasteiger partial charge is 0.451 e. The molecule has 0 radical (unpaired) electrons. The molecule has 172 valence electrons. The van der Waals surface area contributed by atoms with Gasteiger partial charge in [0.05, 0.1) is 4.90 Å². The molecule has 1 unspecified atom stereocenters. The summed E-state index contributed by atoms with van der Waals surface area (Å²) in [6, 6.07) is 16.4. The van der Waals surface area contributed by atoms with Crippen molar-refractivity contribution in [1.82, 2.24) is 4.31 Å². The van der Waals surface area contributed by atoms with Crippen molar-refractivity contribution in [3.05, 3.63) is 72.0 Å². The first-order valence-corrected chi connectivity index (χ1v) is 12.3. The number of rotatable bonds is 6. The predicted molar refractivity (Wildman–Crippen MR) is 126 cm³/mol. The smallest absolute Gasteiger partial charge is 0.291 e. The van der Waals surface area contributed by atoms with Crippen molar-refractivity contribution in [1.29, 1.82) is 0 Å². The number of benzene rings is 2. The zero-order valence-corrected chi connectivity index (χ0v) is 19.4. The Labute approximate surface area is 193 Å². The molecule has 1 aromatic heterocycles. The maximum absolute atomic E-state index is 12.9. The van der Waals surface area contributed by atoms with Crippen LogP contribution in [0.4, 0.5) is 5.69 Å². The van der Waals surface area contributed by atoms with Crippen LogP contribution >= 0.6 is 0 Å². The Balaban J connectivity index is 1.43. The van der Waals surface area contributed by atoms with Crippen LogP contribution in [-0.2, 0) is 10.0 Å². The minimum absolute atomic E-state index is 0.0228. The number of ketones is 1. The van der Waals surface area contributed by atoms with Gasteiger partial charge in [-0.2, -0.15) is 4.31 Å². The number of nitrogens with zero attached hydrogens (tertiary/aromatic N) is 1. The molecule has 0 saturated carbocycles. The summed E-state index contributed by atoms with van der Waals surface area (Å²) in [5.74, 6) is 0.511. The van der Waals surface area contributed by atoms with E-state index in [0.717, 1.165) is 18.4 Å². The molecular weight excluding hydrogens is 440 g/mol. The summed E-state index contributed by atoms with van der Waals surface area (Å²) in [7, 11) is -3.55. The molecule has 1 atom stereocenters. The van der Waals surface area contributed by atoms with Gasteiger partial charge in [0.25, 0.3) is 5.91 Å². The summed E-state index contributed by atoms with van der Waals surface area (Å²) in [5.41, 5.74) is 1.82. The highest BCUT2D eigenvalue weighted by atomic mass is 32.2. The third-order valence-corrected chi connectivity index (χ3v) is 7.65. The van der Waals surface area contributed by atoms with Crippen molar-refractivity contribution in [2.45, 2.75) is 31.6 Å². The lowest BCUT2D eigenvalue weighted by molar-refractivity contribution is 0.0994. The minimum Gasteiger partial charge on any atom is -0.451 e. The van der Waals surface area contributed by atoms with Crippen LogP contribution < -0.4 is 5.32 Å². The van der Waals surface area contributed by atoms with E-state index in [0.29, 0.717) is 36.0 Å². The zero-order valence-electron chi connectivity index (χ0n) is 18.6. The Kier molecular flexibility index (Phi) is 6.49. The first-order chi connectivity index (χ1) is 15.7. The fourth-order valence-electron chi connectivity index (χ4n) is 3.90. The molecule has 1 aliphatic rings. The summed E-state index contributed by atoms with van der Waals surface area (Å²) in [6.45, 7) is 4.62. The maximum atomic E-state index is 12.9. The zero-order chi connectivity index (χ0) is 23.6. The highest BCUT2D eigenvalue weighted by molar-refractivity contribution is 7.89. The van der Waals surface area contributed by atoms with Crippen LogP contribution in [-0.4, -0.2) is 37.5 Å². The molecular formula is C25H26N2O5S. The predicted octanol–water partition coefficient (Wildman–Crippen LogP) is 4.82. The molecule has 1 amide bonds. The lowest BCUT2D eigenvalue weighted by Gasteiger charge is -2.30. The second-order valence-corrected chi connectivity index (χ2v) is 10.3. The van der Waals surface area contributed by atoms with Crippen LogP contribution in [0.2, 0.25) is 0 Å². The van der Waals surface area contributed by atoms with E-state index < -0.39 is 15.9 Å². The van der Waals surface area contributed by atoms with Crippen LogP contribution in [0.5, 0.6) is 0 Å². The molecule has 8 heteroatoms. The quantitative estimate of drug-likeness (QED) is 0.525. The first kappa shape index (κ1) is 22.9. The van der Waals surface area contributed by atoms with E-state index in [4.69, 9.17) is 4.42 Å². The van der Waals surface area contributed by atoms with E-state index in [-0.39, 0.29) is 16.4 Å². The van der Waals surface area contributed by atoms with Gasteiger partial charge in [-0.25, -0.2) is 8.42 Å². The number of piperidine rings is 1. The van der Waals surface area contributed by atoms with Gasteiger partial charge >= 0.3 is 0 Å². The van der Waals surface area contributed by atoms with Gasteiger partial charge in [0, 0.05) is 29.9 Å². The lowest BCUT2D eigenvalue weighted by Crippen LogP contribution is -2.39. The monoisotopic (exact) mass is 466 g/mol. The number of Topliss-reactive ketones (excluding diaryl/α,β-unsaturated/α-hetero) is 1. The average Bonchev–Trinajstić information content (AvgIpc) is 3.30. The normalized spacial score (nSPS) is 17.0. The van der Waals surface area contributed by atoms with Crippen molar-refractivity contribution in [3.8, 4) is 11.3 Å². The summed E-state index contributed by atoms with van der Waals surface area (Å²) in [5, 5.41) is 2.73. The number of furan rings is 1. The summed E-state index contributed by atoms with van der Waals surface area (Å²) in [4.78, 5) is 24.2. The molecule has 2 heterocycles. The van der Waals surface area contributed by atoms with E-state index >= 15 is 0 Å². The van der Waals surface area contributed by atoms with E-state index in [1.54, 1.807) is 48.5 Å². The number of amides is 1. The van der Waals surface area contributed by atoms with Gasteiger partial charge in [-0.3, -0.25) is 9.59 Å². The van der Waals surface area contributed by atoms with E-state index in [2.05, 4.69) is 12.2 Å². The van der Waals surface area contributed by atoms with Crippen LogP contribution in [0, 0.1) is 5.92 Å². The summed E-state index contributed by atoms with van der Waals surface area (Å²) < 4.78 is 33.0. The number of anilines is 1. The van der Waals surface area contributed by atoms with E-state index in [1.165, 1.54) is 23.4 Å². The minimum atomic E-state index is -3.55. The molecule has 7 nitrogen and oxygen atoms in total. The second kappa shape index (κ2) is 9.33. The molecule has 3 aromatic rings. The number of carbonyl (C=O) groups is 2.